The Morgan fingerprint density at radius 2 is 1.37 bits per heavy atom. The van der Waals surface area contributed by atoms with Gasteiger partial charge in [-0.25, -0.2) is 0 Å². The van der Waals surface area contributed by atoms with Crippen LogP contribution in [-0.4, -0.2) is 10.2 Å². The highest BCUT2D eigenvalue weighted by atomic mass is 79.9. The molecule has 27 heavy (non-hydrogen) atoms. The van der Waals surface area contributed by atoms with Gasteiger partial charge in [0, 0.05) is 27.3 Å². The van der Waals surface area contributed by atoms with E-state index in [1.165, 1.54) is 0 Å². The normalized spacial score (nSPS) is 11.6. The fraction of sp³-hybridized carbons (Fsp3) is 0. The number of halogens is 2. The van der Waals surface area contributed by atoms with Crippen LogP contribution in [0.25, 0.3) is 43.8 Å². The molecule has 1 heterocycles. The standard InChI is InChI=1S/C22H12Br2O3/c23-19-12-6-2-1-5-11(12)17(14-9-10-15(25)20(24)21(14)26)18-13-7-3-4-8-16(13)27-22(18)19/h1-10,25-26H. The van der Waals surface area contributed by atoms with Gasteiger partial charge in [-0.15, -0.1) is 0 Å². The highest BCUT2D eigenvalue weighted by Crippen LogP contribution is 2.50. The molecule has 0 radical (unpaired) electrons. The van der Waals surface area contributed by atoms with Crippen molar-refractivity contribution in [3.05, 3.63) is 69.6 Å². The molecule has 5 heteroatoms. The van der Waals surface area contributed by atoms with Gasteiger partial charge in [0.05, 0.1) is 4.47 Å². The zero-order valence-corrected chi connectivity index (χ0v) is 17.0. The van der Waals surface area contributed by atoms with Crippen molar-refractivity contribution in [2.45, 2.75) is 0 Å². The first-order valence-corrected chi connectivity index (χ1v) is 9.88. The first-order chi connectivity index (χ1) is 13.1. The van der Waals surface area contributed by atoms with Gasteiger partial charge in [-0.2, -0.15) is 0 Å². The molecular weight excluding hydrogens is 472 g/mol. The second kappa shape index (κ2) is 6.01. The number of phenolic OH excluding ortho intramolecular Hbond substituents is 2. The number of benzene rings is 4. The number of hydrogen-bond donors (Lipinski definition) is 2. The zero-order valence-electron chi connectivity index (χ0n) is 13.8. The van der Waals surface area contributed by atoms with Gasteiger partial charge in [-0.1, -0.05) is 42.5 Å². The summed E-state index contributed by atoms with van der Waals surface area (Å²) >= 11 is 6.98. The van der Waals surface area contributed by atoms with E-state index in [4.69, 9.17) is 4.42 Å². The molecule has 1 aromatic heterocycles. The van der Waals surface area contributed by atoms with Crippen LogP contribution in [0.15, 0.2) is 74.0 Å². The van der Waals surface area contributed by atoms with Crippen molar-refractivity contribution in [2.24, 2.45) is 0 Å². The van der Waals surface area contributed by atoms with Crippen LogP contribution in [0.2, 0.25) is 0 Å². The molecule has 0 atom stereocenters. The summed E-state index contributed by atoms with van der Waals surface area (Å²) in [5.41, 5.74) is 3.00. The molecule has 132 valence electrons. The topological polar surface area (TPSA) is 53.6 Å². The molecule has 4 aromatic carbocycles. The second-order valence-electron chi connectivity index (χ2n) is 6.33. The van der Waals surface area contributed by atoms with Crippen LogP contribution in [0.5, 0.6) is 11.5 Å². The predicted molar refractivity (Wildman–Crippen MR) is 115 cm³/mol. The van der Waals surface area contributed by atoms with E-state index in [9.17, 15) is 10.2 Å². The lowest BCUT2D eigenvalue weighted by Gasteiger charge is -2.14. The van der Waals surface area contributed by atoms with Crippen molar-refractivity contribution in [1.82, 2.24) is 0 Å². The summed E-state index contributed by atoms with van der Waals surface area (Å²) < 4.78 is 7.31. The van der Waals surface area contributed by atoms with E-state index in [1.807, 2.05) is 48.5 Å². The Morgan fingerprint density at radius 3 is 2.15 bits per heavy atom. The van der Waals surface area contributed by atoms with Crippen molar-refractivity contribution in [1.29, 1.82) is 0 Å². The molecule has 0 spiro atoms. The van der Waals surface area contributed by atoms with Crippen LogP contribution >= 0.6 is 31.9 Å². The average Bonchev–Trinajstić information content (AvgIpc) is 3.08. The first-order valence-electron chi connectivity index (χ1n) is 8.30. The average molecular weight is 484 g/mol. The van der Waals surface area contributed by atoms with Crippen LogP contribution in [0.1, 0.15) is 0 Å². The van der Waals surface area contributed by atoms with Gasteiger partial charge in [-0.3, -0.25) is 0 Å². The van der Waals surface area contributed by atoms with Gasteiger partial charge in [-0.05, 0) is 55.4 Å². The summed E-state index contributed by atoms with van der Waals surface area (Å²) in [7, 11) is 0. The molecule has 0 amide bonds. The fourth-order valence-electron chi connectivity index (χ4n) is 3.63. The molecule has 0 aliphatic heterocycles. The molecule has 0 aliphatic rings. The lowest BCUT2D eigenvalue weighted by molar-refractivity contribution is 0.446. The maximum Gasteiger partial charge on any atom is 0.150 e. The molecular formula is C22H12Br2O3. The van der Waals surface area contributed by atoms with E-state index in [0.29, 0.717) is 5.56 Å². The quantitative estimate of drug-likeness (QED) is 0.262. The number of para-hydroxylation sites is 1. The number of hydrogen-bond acceptors (Lipinski definition) is 3. The Hall–Kier alpha value is -2.50. The summed E-state index contributed by atoms with van der Waals surface area (Å²) in [6.07, 6.45) is 0. The molecule has 5 rings (SSSR count). The minimum absolute atomic E-state index is 0.00550. The van der Waals surface area contributed by atoms with Crippen LogP contribution in [0.3, 0.4) is 0 Å². The molecule has 0 aliphatic carbocycles. The molecule has 5 aromatic rings. The predicted octanol–water partition coefficient (Wildman–Crippen LogP) is 7.34. The van der Waals surface area contributed by atoms with Gasteiger partial charge in [0.2, 0.25) is 0 Å². The van der Waals surface area contributed by atoms with Gasteiger partial charge in [0.25, 0.3) is 0 Å². The minimum Gasteiger partial charge on any atom is -0.507 e. The maximum atomic E-state index is 10.8. The van der Waals surface area contributed by atoms with Gasteiger partial charge in [0.15, 0.2) is 5.58 Å². The van der Waals surface area contributed by atoms with Crippen LogP contribution in [0, 0.1) is 0 Å². The SMILES string of the molecule is Oc1ccc(-c2c3ccccc3c(Br)c3oc4ccccc4c23)c(O)c1Br. The molecule has 2 N–H and O–H groups in total. The zero-order chi connectivity index (χ0) is 18.7. The maximum absolute atomic E-state index is 10.8. The monoisotopic (exact) mass is 482 g/mol. The number of phenols is 2. The number of aromatic hydroxyl groups is 2. The Kier molecular flexibility index (Phi) is 3.71. The second-order valence-corrected chi connectivity index (χ2v) is 7.92. The summed E-state index contributed by atoms with van der Waals surface area (Å²) in [4.78, 5) is 0. The van der Waals surface area contributed by atoms with Crippen molar-refractivity contribution < 1.29 is 14.6 Å². The smallest absolute Gasteiger partial charge is 0.150 e. The van der Waals surface area contributed by atoms with Crippen molar-refractivity contribution >= 4 is 64.6 Å². The van der Waals surface area contributed by atoms with E-state index in [2.05, 4.69) is 31.9 Å². The summed E-state index contributed by atoms with van der Waals surface area (Å²) in [5, 5.41) is 24.6. The molecule has 0 saturated heterocycles. The van der Waals surface area contributed by atoms with E-state index in [-0.39, 0.29) is 16.0 Å². The largest absolute Gasteiger partial charge is 0.507 e. The third-order valence-electron chi connectivity index (χ3n) is 4.84. The van der Waals surface area contributed by atoms with E-state index in [0.717, 1.165) is 42.7 Å². The van der Waals surface area contributed by atoms with Gasteiger partial charge in [0.1, 0.15) is 21.6 Å². The van der Waals surface area contributed by atoms with Crippen LogP contribution in [-0.2, 0) is 0 Å². The van der Waals surface area contributed by atoms with E-state index >= 15 is 0 Å². The van der Waals surface area contributed by atoms with Crippen molar-refractivity contribution in [2.75, 3.05) is 0 Å². The molecule has 0 bridgehead atoms. The summed E-state index contributed by atoms with van der Waals surface area (Å²) in [6.45, 7) is 0. The number of fused-ring (bicyclic) bond motifs is 4. The van der Waals surface area contributed by atoms with Gasteiger partial charge >= 0.3 is 0 Å². The molecule has 0 fully saturated rings. The fourth-order valence-corrected chi connectivity index (χ4v) is 4.60. The minimum atomic E-state index is -0.00837. The third-order valence-corrected chi connectivity index (χ3v) is 6.41. The molecule has 0 saturated carbocycles. The highest BCUT2D eigenvalue weighted by Gasteiger charge is 2.22. The van der Waals surface area contributed by atoms with Crippen molar-refractivity contribution in [3.63, 3.8) is 0 Å². The summed E-state index contributed by atoms with van der Waals surface area (Å²) in [5.74, 6) is -0.0139. The Labute approximate surface area is 171 Å². The lowest BCUT2D eigenvalue weighted by atomic mass is 9.92. The molecule has 0 unspecified atom stereocenters. The van der Waals surface area contributed by atoms with Gasteiger partial charge < -0.3 is 14.6 Å². The number of rotatable bonds is 1. The van der Waals surface area contributed by atoms with Crippen LogP contribution in [0.4, 0.5) is 0 Å². The van der Waals surface area contributed by atoms with E-state index < -0.39 is 0 Å². The lowest BCUT2D eigenvalue weighted by Crippen LogP contribution is -1.87. The van der Waals surface area contributed by atoms with E-state index in [1.54, 1.807) is 12.1 Å². The Balaban J connectivity index is 2.10. The summed E-state index contributed by atoms with van der Waals surface area (Å²) in [6, 6.07) is 19.1. The third kappa shape index (κ3) is 2.32. The Morgan fingerprint density at radius 1 is 0.704 bits per heavy atom. The highest BCUT2D eigenvalue weighted by molar-refractivity contribution is 9.11. The van der Waals surface area contributed by atoms with Crippen molar-refractivity contribution in [3.8, 4) is 22.6 Å². The molecule has 3 nitrogen and oxygen atoms in total. The Bertz CT molecular complexity index is 1370. The first kappa shape index (κ1) is 16.7. The van der Waals surface area contributed by atoms with Crippen LogP contribution < -0.4 is 0 Å². The number of furan rings is 1.